The van der Waals surface area contributed by atoms with Crippen molar-refractivity contribution in [2.45, 2.75) is 71.4 Å². The lowest BCUT2D eigenvalue weighted by Crippen LogP contribution is -2.49. The molecule has 236 valence electrons. The summed E-state index contributed by atoms with van der Waals surface area (Å²) in [5, 5.41) is 0.0839. The number of ether oxygens (including phenoxy) is 1. The van der Waals surface area contributed by atoms with Crippen molar-refractivity contribution >= 4 is 39.6 Å². The average molecular weight is 642 g/mol. The number of carbonyl (C=O) groups excluding carboxylic acids is 2. The van der Waals surface area contributed by atoms with Crippen molar-refractivity contribution in [3.63, 3.8) is 0 Å². The Bertz CT molecular complexity index is 1630. The second kappa shape index (κ2) is 13.1. The number of amides is 2. The van der Waals surface area contributed by atoms with Crippen molar-refractivity contribution in [2.75, 3.05) is 24.4 Å². The van der Waals surface area contributed by atoms with Gasteiger partial charge in [-0.3, -0.25) is 4.79 Å². The van der Waals surface area contributed by atoms with Gasteiger partial charge in [0.2, 0.25) is 5.95 Å². The van der Waals surface area contributed by atoms with Crippen LogP contribution in [-0.2, 0) is 14.8 Å². The van der Waals surface area contributed by atoms with Crippen molar-refractivity contribution in [1.29, 1.82) is 0 Å². The summed E-state index contributed by atoms with van der Waals surface area (Å²) in [5.74, 6) is -0.466. The van der Waals surface area contributed by atoms with E-state index in [4.69, 9.17) is 16.3 Å². The van der Waals surface area contributed by atoms with Crippen LogP contribution in [0.4, 0.5) is 10.7 Å². The molecule has 1 aliphatic heterocycles. The van der Waals surface area contributed by atoms with Crippen LogP contribution in [0.15, 0.2) is 53.4 Å². The van der Waals surface area contributed by atoms with E-state index in [0.29, 0.717) is 31.7 Å². The molecule has 1 saturated heterocycles. The molecule has 10 nitrogen and oxygen atoms in total. The predicted octanol–water partition coefficient (Wildman–Crippen LogP) is 6.32. The van der Waals surface area contributed by atoms with E-state index < -0.39 is 21.7 Å². The van der Waals surface area contributed by atoms with Crippen LogP contribution in [0.1, 0.15) is 62.5 Å². The van der Waals surface area contributed by atoms with Gasteiger partial charge in [-0.15, -0.1) is 0 Å². The first kappa shape index (κ1) is 33.2. The van der Waals surface area contributed by atoms with Gasteiger partial charge in [0.1, 0.15) is 10.8 Å². The largest absolute Gasteiger partial charge is 0.444 e. The fourth-order valence-electron chi connectivity index (χ4n) is 5.28. The van der Waals surface area contributed by atoms with E-state index in [1.165, 1.54) is 18.2 Å². The van der Waals surface area contributed by atoms with Gasteiger partial charge in [-0.2, -0.15) is 0 Å². The monoisotopic (exact) mass is 641 g/mol. The number of benzene rings is 2. The zero-order chi connectivity index (χ0) is 32.4. The van der Waals surface area contributed by atoms with E-state index in [1.807, 2.05) is 66.7 Å². The topological polar surface area (TPSA) is 122 Å². The van der Waals surface area contributed by atoms with Crippen LogP contribution in [0.5, 0.6) is 0 Å². The van der Waals surface area contributed by atoms with E-state index in [2.05, 4.69) is 14.7 Å². The van der Waals surface area contributed by atoms with E-state index in [9.17, 15) is 18.0 Å². The SMILES string of the molecule is Cc1cccc(C)c1-c1cc(Cl)nc(NS(=O)(=O)c2cccc(C(=O)N3CCCN(C(=O)OC(C)(C)C)C[C@H]3C(C)C)c2)n1. The number of nitrogens with one attached hydrogen (secondary N) is 1. The van der Waals surface area contributed by atoms with E-state index in [1.54, 1.807) is 21.9 Å². The smallest absolute Gasteiger partial charge is 0.410 e. The molecular formula is C32H40ClN5O5S. The predicted molar refractivity (Wildman–Crippen MR) is 171 cm³/mol. The Kier molecular flexibility index (Phi) is 9.90. The number of hydrogen-bond acceptors (Lipinski definition) is 7. The van der Waals surface area contributed by atoms with E-state index in [-0.39, 0.29) is 39.4 Å². The zero-order valence-electron chi connectivity index (χ0n) is 26.2. The standard InChI is InChI=1S/C32H40ClN5O5S/c1-20(2)26-19-37(31(40)43-32(5,6)7)15-10-16-38(26)29(39)23-13-9-14-24(17-23)44(41,42)36-30-34-25(18-27(33)35-30)28-21(3)11-8-12-22(28)4/h8-9,11-14,17-18,20,26H,10,15-16,19H2,1-7H3,(H,34,35,36)/t26-/m0/s1. The second-order valence-electron chi connectivity index (χ2n) is 12.4. The molecular weight excluding hydrogens is 602 g/mol. The Labute approximate surface area is 264 Å². The van der Waals surface area contributed by atoms with E-state index in [0.717, 1.165) is 16.7 Å². The van der Waals surface area contributed by atoms with Crippen LogP contribution in [0.3, 0.4) is 0 Å². The summed E-state index contributed by atoms with van der Waals surface area (Å²) in [5.41, 5.74) is 2.83. The third kappa shape index (κ3) is 7.87. The van der Waals surface area contributed by atoms with Gasteiger partial charge in [0.15, 0.2) is 0 Å². The molecule has 1 aromatic heterocycles. The lowest BCUT2D eigenvalue weighted by molar-refractivity contribution is 0.0208. The van der Waals surface area contributed by atoms with Crippen LogP contribution < -0.4 is 4.72 Å². The van der Waals surface area contributed by atoms with Crippen molar-refractivity contribution in [1.82, 2.24) is 19.8 Å². The quantitative estimate of drug-likeness (QED) is 0.313. The molecule has 2 heterocycles. The number of halogens is 1. The molecule has 1 N–H and O–H groups in total. The van der Waals surface area contributed by atoms with Crippen molar-refractivity contribution < 1.29 is 22.7 Å². The number of sulfonamides is 1. The maximum absolute atomic E-state index is 13.9. The maximum atomic E-state index is 13.9. The molecule has 44 heavy (non-hydrogen) atoms. The number of rotatable bonds is 6. The minimum Gasteiger partial charge on any atom is -0.444 e. The maximum Gasteiger partial charge on any atom is 0.410 e. The highest BCUT2D eigenvalue weighted by atomic mass is 35.5. The van der Waals surface area contributed by atoms with Gasteiger partial charge in [0.25, 0.3) is 15.9 Å². The minimum atomic E-state index is -4.18. The van der Waals surface area contributed by atoms with Crippen molar-refractivity contribution in [2.24, 2.45) is 5.92 Å². The molecule has 0 unspecified atom stereocenters. The summed E-state index contributed by atoms with van der Waals surface area (Å²) in [4.78, 5) is 38.5. The number of carbonyl (C=O) groups is 2. The summed E-state index contributed by atoms with van der Waals surface area (Å²) >= 11 is 6.28. The first-order chi connectivity index (χ1) is 20.6. The average Bonchev–Trinajstić information content (AvgIpc) is 3.15. The number of nitrogens with zero attached hydrogens (tertiary/aromatic N) is 4. The Balaban J connectivity index is 1.59. The van der Waals surface area contributed by atoms with Crippen LogP contribution in [0.2, 0.25) is 5.15 Å². The van der Waals surface area contributed by atoms with Crippen molar-refractivity contribution in [3.8, 4) is 11.3 Å². The Morgan fingerprint density at radius 2 is 1.68 bits per heavy atom. The first-order valence-electron chi connectivity index (χ1n) is 14.6. The summed E-state index contributed by atoms with van der Waals surface area (Å²) in [6.45, 7) is 14.5. The molecule has 0 bridgehead atoms. The van der Waals surface area contributed by atoms with Gasteiger partial charge in [0, 0.05) is 36.8 Å². The number of aromatic nitrogens is 2. The molecule has 0 radical (unpaired) electrons. The van der Waals surface area contributed by atoms with Gasteiger partial charge < -0.3 is 14.5 Å². The summed E-state index contributed by atoms with van der Waals surface area (Å²) in [7, 11) is -4.18. The molecule has 0 saturated carbocycles. The molecule has 2 amide bonds. The Morgan fingerprint density at radius 3 is 2.32 bits per heavy atom. The van der Waals surface area contributed by atoms with Gasteiger partial charge in [-0.1, -0.05) is 49.7 Å². The number of hydrogen-bond donors (Lipinski definition) is 1. The normalized spacial score (nSPS) is 16.1. The summed E-state index contributed by atoms with van der Waals surface area (Å²) < 4.78 is 35.0. The van der Waals surface area contributed by atoms with Crippen molar-refractivity contribution in [3.05, 3.63) is 70.4 Å². The highest BCUT2D eigenvalue weighted by Crippen LogP contribution is 2.29. The Hall–Kier alpha value is -3.70. The molecule has 1 aliphatic rings. The van der Waals surface area contributed by atoms with Crippen LogP contribution in [-0.4, -0.2) is 71.5 Å². The van der Waals surface area contributed by atoms with E-state index >= 15 is 0 Å². The molecule has 0 spiro atoms. The number of anilines is 1. The summed E-state index contributed by atoms with van der Waals surface area (Å²) in [6, 6.07) is 13.0. The van der Waals surface area contributed by atoms with Gasteiger partial charge in [-0.05, 0) is 76.3 Å². The van der Waals surface area contributed by atoms with Crippen LogP contribution in [0, 0.1) is 19.8 Å². The lowest BCUT2D eigenvalue weighted by atomic mass is 10.00. The molecule has 3 aromatic rings. The van der Waals surface area contributed by atoms with Gasteiger partial charge in [-0.25, -0.2) is 27.9 Å². The molecule has 4 rings (SSSR count). The highest BCUT2D eigenvalue weighted by molar-refractivity contribution is 7.92. The molecule has 12 heteroatoms. The fourth-order valence-corrected chi connectivity index (χ4v) is 6.45. The Morgan fingerprint density at radius 1 is 1.02 bits per heavy atom. The van der Waals surface area contributed by atoms with Crippen LogP contribution in [0.25, 0.3) is 11.3 Å². The molecule has 2 aromatic carbocycles. The third-order valence-electron chi connectivity index (χ3n) is 7.37. The minimum absolute atomic E-state index is 0.0293. The third-order valence-corrected chi connectivity index (χ3v) is 8.89. The van der Waals surface area contributed by atoms with Gasteiger partial charge in [0.05, 0.1) is 16.6 Å². The highest BCUT2D eigenvalue weighted by Gasteiger charge is 2.34. The first-order valence-corrected chi connectivity index (χ1v) is 16.4. The lowest BCUT2D eigenvalue weighted by Gasteiger charge is -2.35. The van der Waals surface area contributed by atoms with Crippen LogP contribution >= 0.6 is 11.6 Å². The van der Waals surface area contributed by atoms with Gasteiger partial charge >= 0.3 is 6.09 Å². The molecule has 1 atom stereocenters. The molecule has 0 aliphatic carbocycles. The second-order valence-corrected chi connectivity index (χ2v) is 14.5. The molecule has 1 fully saturated rings. The number of aryl methyl sites for hydroxylation is 2. The summed E-state index contributed by atoms with van der Waals surface area (Å²) in [6.07, 6.45) is 0.142. The zero-order valence-corrected chi connectivity index (χ0v) is 27.8. The fraction of sp³-hybridized carbons (Fsp3) is 0.438.